The van der Waals surface area contributed by atoms with E-state index in [0.29, 0.717) is 30.6 Å². The van der Waals surface area contributed by atoms with Crippen LogP contribution in [0.1, 0.15) is 47.3 Å². The number of para-hydroxylation sites is 1. The van der Waals surface area contributed by atoms with Gasteiger partial charge in [-0.3, -0.25) is 9.59 Å². The molecule has 0 fully saturated rings. The van der Waals surface area contributed by atoms with Gasteiger partial charge in [0.05, 0.1) is 17.7 Å². The molecule has 0 unspecified atom stereocenters. The average molecular weight is 469 g/mol. The van der Waals surface area contributed by atoms with Gasteiger partial charge in [0.15, 0.2) is 0 Å². The van der Waals surface area contributed by atoms with E-state index >= 15 is 0 Å². The number of ether oxygens (including phenoxy) is 1. The van der Waals surface area contributed by atoms with Crippen LogP contribution in [-0.2, 0) is 11.2 Å². The number of hydrogen-bond acceptors (Lipinski definition) is 3. The van der Waals surface area contributed by atoms with E-state index in [2.05, 4.69) is 17.5 Å². The van der Waals surface area contributed by atoms with Crippen LogP contribution in [0.2, 0.25) is 0 Å². The summed E-state index contributed by atoms with van der Waals surface area (Å²) < 4.78 is 6.15. The molecule has 0 aliphatic carbocycles. The zero-order chi connectivity index (χ0) is 24.6. The van der Waals surface area contributed by atoms with Gasteiger partial charge in [-0.2, -0.15) is 0 Å². The van der Waals surface area contributed by atoms with Crippen molar-refractivity contribution >= 4 is 11.8 Å². The van der Waals surface area contributed by atoms with Gasteiger partial charge in [-0.05, 0) is 36.6 Å². The van der Waals surface area contributed by atoms with Gasteiger partial charge in [0, 0.05) is 19.9 Å². The van der Waals surface area contributed by atoms with E-state index in [1.807, 2.05) is 85.8 Å². The maximum atomic E-state index is 13.7. The number of rotatable bonds is 3. The summed E-state index contributed by atoms with van der Waals surface area (Å²) in [6, 6.07) is 26.1. The van der Waals surface area contributed by atoms with Crippen molar-refractivity contribution in [1.82, 2.24) is 10.2 Å². The highest BCUT2D eigenvalue weighted by Gasteiger charge is 2.31. The van der Waals surface area contributed by atoms with Gasteiger partial charge in [-0.15, -0.1) is 0 Å². The third-order valence-corrected chi connectivity index (χ3v) is 6.33. The van der Waals surface area contributed by atoms with Crippen LogP contribution in [0.25, 0.3) is 0 Å². The van der Waals surface area contributed by atoms with Gasteiger partial charge in [0.25, 0.3) is 5.91 Å². The van der Waals surface area contributed by atoms with Gasteiger partial charge < -0.3 is 15.0 Å². The first-order valence-corrected chi connectivity index (χ1v) is 12.1. The molecule has 0 bridgehead atoms. The maximum absolute atomic E-state index is 13.7. The van der Waals surface area contributed by atoms with Crippen LogP contribution >= 0.6 is 0 Å². The summed E-state index contributed by atoms with van der Waals surface area (Å²) in [6.45, 7) is 2.00. The summed E-state index contributed by atoms with van der Waals surface area (Å²) in [5, 5.41) is 3.23. The normalized spacial score (nSPS) is 22.3. The lowest BCUT2D eigenvalue weighted by Gasteiger charge is -2.30. The van der Waals surface area contributed by atoms with E-state index in [1.54, 1.807) is 18.0 Å². The molecule has 1 aliphatic heterocycles. The molecule has 0 radical (unpaired) electrons. The van der Waals surface area contributed by atoms with Crippen molar-refractivity contribution in [1.29, 1.82) is 0 Å². The van der Waals surface area contributed by atoms with Gasteiger partial charge >= 0.3 is 0 Å². The Balaban J connectivity index is 1.73. The minimum Gasteiger partial charge on any atom is -0.490 e. The highest BCUT2D eigenvalue weighted by Crippen LogP contribution is 2.25. The fourth-order valence-corrected chi connectivity index (χ4v) is 4.34. The molecule has 5 nitrogen and oxygen atoms in total. The molecule has 5 heteroatoms. The summed E-state index contributed by atoms with van der Waals surface area (Å²) in [4.78, 5) is 28.9. The van der Waals surface area contributed by atoms with Crippen LogP contribution < -0.4 is 10.1 Å². The molecule has 1 N–H and O–H groups in total. The molecule has 3 atom stereocenters. The van der Waals surface area contributed by atoms with Gasteiger partial charge in [0.1, 0.15) is 11.8 Å². The number of likely N-dealkylation sites (N-methyl/N-ethyl adjacent to an activating group) is 1. The van der Waals surface area contributed by atoms with Crippen LogP contribution in [0.5, 0.6) is 5.75 Å². The van der Waals surface area contributed by atoms with E-state index in [4.69, 9.17) is 4.74 Å². The van der Waals surface area contributed by atoms with E-state index < -0.39 is 6.04 Å². The molecule has 0 saturated carbocycles. The molecular weight excluding hydrogens is 436 g/mol. The monoisotopic (exact) mass is 468 g/mol. The molecule has 4 rings (SSSR count). The molecule has 35 heavy (non-hydrogen) atoms. The van der Waals surface area contributed by atoms with Crippen LogP contribution in [0.15, 0.2) is 97.1 Å². The molecule has 1 aliphatic rings. The summed E-state index contributed by atoms with van der Waals surface area (Å²) >= 11 is 0. The largest absolute Gasteiger partial charge is 0.490 e. The van der Waals surface area contributed by atoms with Crippen LogP contribution in [-0.4, -0.2) is 35.9 Å². The number of fused-ring (bicyclic) bond motifs is 1. The SMILES string of the molecule is C[C@H]1C/C=C\C[C@H](c2ccccc2)NC(=O)[C@@H](Cc2ccccc2)N(C)C(=O)c2ccccc2O1. The predicted octanol–water partition coefficient (Wildman–Crippen LogP) is 5.34. The van der Waals surface area contributed by atoms with E-state index in [9.17, 15) is 9.59 Å². The van der Waals surface area contributed by atoms with Crippen LogP contribution in [0.3, 0.4) is 0 Å². The van der Waals surface area contributed by atoms with Crippen molar-refractivity contribution in [3.05, 3.63) is 114 Å². The second-order valence-electron chi connectivity index (χ2n) is 8.96. The lowest BCUT2D eigenvalue weighted by molar-refractivity contribution is -0.126. The quantitative estimate of drug-likeness (QED) is 0.528. The van der Waals surface area contributed by atoms with Gasteiger partial charge in [-0.1, -0.05) is 84.9 Å². The van der Waals surface area contributed by atoms with Crippen molar-refractivity contribution in [2.24, 2.45) is 0 Å². The Kier molecular flexibility index (Phi) is 7.99. The van der Waals surface area contributed by atoms with Crippen molar-refractivity contribution in [2.75, 3.05) is 7.05 Å². The second kappa shape index (κ2) is 11.5. The first-order valence-electron chi connectivity index (χ1n) is 12.1. The molecular formula is C30H32N2O3. The topological polar surface area (TPSA) is 58.6 Å². The third-order valence-electron chi connectivity index (χ3n) is 6.33. The first-order chi connectivity index (χ1) is 17.0. The predicted molar refractivity (Wildman–Crippen MR) is 138 cm³/mol. The zero-order valence-corrected chi connectivity index (χ0v) is 20.3. The third kappa shape index (κ3) is 6.18. The average Bonchev–Trinajstić information content (AvgIpc) is 2.89. The summed E-state index contributed by atoms with van der Waals surface area (Å²) in [7, 11) is 1.69. The molecule has 0 saturated heterocycles. The molecule has 3 aromatic rings. The van der Waals surface area contributed by atoms with Crippen molar-refractivity contribution in [3.63, 3.8) is 0 Å². The lowest BCUT2D eigenvalue weighted by Crippen LogP contribution is -2.49. The van der Waals surface area contributed by atoms with Crippen molar-refractivity contribution in [3.8, 4) is 5.75 Å². The number of nitrogens with zero attached hydrogens (tertiary/aromatic N) is 1. The fraction of sp³-hybridized carbons (Fsp3) is 0.267. The van der Waals surface area contributed by atoms with Crippen molar-refractivity contribution in [2.45, 2.75) is 44.4 Å². The van der Waals surface area contributed by atoms with E-state index in [0.717, 1.165) is 11.1 Å². The minimum absolute atomic E-state index is 0.0988. The highest BCUT2D eigenvalue weighted by molar-refractivity contribution is 5.99. The van der Waals surface area contributed by atoms with Crippen LogP contribution in [0.4, 0.5) is 0 Å². The highest BCUT2D eigenvalue weighted by atomic mass is 16.5. The van der Waals surface area contributed by atoms with E-state index in [1.165, 1.54) is 0 Å². The second-order valence-corrected chi connectivity index (χ2v) is 8.96. The maximum Gasteiger partial charge on any atom is 0.258 e. The minimum atomic E-state index is -0.687. The Bertz CT molecular complexity index is 1160. The number of amides is 2. The Morgan fingerprint density at radius 2 is 1.49 bits per heavy atom. The molecule has 180 valence electrons. The Morgan fingerprint density at radius 3 is 2.23 bits per heavy atom. The molecule has 0 aromatic heterocycles. The standard InChI is InChI=1S/C30H32N2O3/c1-22-13-9-11-19-26(24-16-7-4-8-17-24)31-29(33)27(21-23-14-5-3-6-15-23)32(2)30(34)25-18-10-12-20-28(25)35-22/h3-12,14-18,20,22,26-27H,13,19,21H2,1-2H3,(H,31,33)/b11-9-/t22-,26+,27+/m0/s1. The van der Waals surface area contributed by atoms with Gasteiger partial charge in [-0.25, -0.2) is 0 Å². The fourth-order valence-electron chi connectivity index (χ4n) is 4.34. The molecule has 3 aromatic carbocycles. The number of carbonyl (C=O) groups is 2. The molecule has 1 heterocycles. The van der Waals surface area contributed by atoms with Crippen LogP contribution in [0, 0.1) is 0 Å². The number of nitrogens with one attached hydrogen (secondary N) is 1. The Hall–Kier alpha value is -3.86. The summed E-state index contributed by atoms with van der Waals surface area (Å²) in [5.41, 5.74) is 2.47. The number of carbonyl (C=O) groups excluding carboxylic acids is 2. The summed E-state index contributed by atoms with van der Waals surface area (Å²) in [5.74, 6) is 0.104. The van der Waals surface area contributed by atoms with Gasteiger partial charge in [0.2, 0.25) is 5.91 Å². The first kappa shape index (κ1) is 24.3. The zero-order valence-electron chi connectivity index (χ0n) is 20.3. The smallest absolute Gasteiger partial charge is 0.258 e. The summed E-state index contributed by atoms with van der Waals surface area (Å²) in [6.07, 6.45) is 5.83. The van der Waals surface area contributed by atoms with E-state index in [-0.39, 0.29) is 24.0 Å². The Morgan fingerprint density at radius 1 is 0.857 bits per heavy atom. The Labute approximate surface area is 207 Å². The molecule has 2 amide bonds. The number of benzene rings is 3. The van der Waals surface area contributed by atoms with Crippen molar-refractivity contribution < 1.29 is 14.3 Å². The number of hydrogen-bond donors (Lipinski definition) is 1. The lowest BCUT2D eigenvalue weighted by atomic mass is 9.99. The molecule has 0 spiro atoms.